The molecule has 120 valence electrons. The van der Waals surface area contributed by atoms with E-state index in [4.69, 9.17) is 16.1 Å². The van der Waals surface area contributed by atoms with E-state index in [9.17, 15) is 9.59 Å². The fourth-order valence-corrected chi connectivity index (χ4v) is 1.90. The van der Waals surface area contributed by atoms with Gasteiger partial charge in [-0.1, -0.05) is 28.9 Å². The minimum absolute atomic E-state index is 0.0876. The molecule has 23 heavy (non-hydrogen) atoms. The fraction of sp³-hybridized carbons (Fsp3) is 0.188. The minimum Gasteiger partial charge on any atom is -0.360 e. The molecule has 1 aromatic heterocycles. The van der Waals surface area contributed by atoms with Gasteiger partial charge < -0.3 is 14.7 Å². The maximum atomic E-state index is 12.0. The van der Waals surface area contributed by atoms with Gasteiger partial charge in [0.05, 0.1) is 6.54 Å². The Balaban J connectivity index is 1.86. The number of benzene rings is 1. The molecule has 0 saturated carbocycles. The third kappa shape index (κ3) is 5.27. The predicted molar refractivity (Wildman–Crippen MR) is 88.0 cm³/mol. The third-order valence-electron chi connectivity index (χ3n) is 2.94. The first-order chi connectivity index (χ1) is 10.9. The fourth-order valence-electron chi connectivity index (χ4n) is 1.77. The number of nitrogens with one attached hydrogen (secondary N) is 1. The number of anilines is 1. The zero-order valence-corrected chi connectivity index (χ0v) is 13.5. The van der Waals surface area contributed by atoms with Crippen LogP contribution < -0.4 is 5.32 Å². The summed E-state index contributed by atoms with van der Waals surface area (Å²) in [7, 11) is 1.54. The average molecular weight is 334 g/mol. The van der Waals surface area contributed by atoms with Crippen LogP contribution in [0.1, 0.15) is 11.3 Å². The van der Waals surface area contributed by atoms with Gasteiger partial charge >= 0.3 is 0 Å². The summed E-state index contributed by atoms with van der Waals surface area (Å²) in [5.41, 5.74) is 0.846. The van der Waals surface area contributed by atoms with Crippen LogP contribution >= 0.6 is 11.6 Å². The molecule has 1 aromatic carbocycles. The topological polar surface area (TPSA) is 75.4 Å². The lowest BCUT2D eigenvalue weighted by atomic mass is 10.2. The molecule has 0 unspecified atom stereocenters. The van der Waals surface area contributed by atoms with E-state index in [1.165, 1.54) is 11.0 Å². The van der Waals surface area contributed by atoms with Gasteiger partial charge in [-0.3, -0.25) is 9.59 Å². The molecule has 0 bridgehead atoms. The molecule has 1 N–H and O–H groups in total. The van der Waals surface area contributed by atoms with Crippen LogP contribution in [0.2, 0.25) is 5.02 Å². The molecule has 0 atom stereocenters. The van der Waals surface area contributed by atoms with E-state index in [-0.39, 0.29) is 18.4 Å². The van der Waals surface area contributed by atoms with Crippen molar-refractivity contribution in [3.05, 3.63) is 52.8 Å². The number of halogens is 1. The van der Waals surface area contributed by atoms with Crippen LogP contribution in [0.4, 0.5) is 5.82 Å². The Morgan fingerprint density at radius 2 is 2.04 bits per heavy atom. The van der Waals surface area contributed by atoms with Crippen molar-refractivity contribution < 1.29 is 14.1 Å². The van der Waals surface area contributed by atoms with Crippen molar-refractivity contribution >= 4 is 35.3 Å². The first kappa shape index (κ1) is 16.8. The van der Waals surface area contributed by atoms with E-state index >= 15 is 0 Å². The van der Waals surface area contributed by atoms with Crippen molar-refractivity contribution in [2.75, 3.05) is 18.9 Å². The second-order valence-corrected chi connectivity index (χ2v) is 5.39. The smallest absolute Gasteiger partial charge is 0.246 e. The molecule has 6 nitrogen and oxygen atoms in total. The number of carbonyl (C=O) groups is 2. The van der Waals surface area contributed by atoms with Crippen molar-refractivity contribution in [2.45, 2.75) is 6.92 Å². The molecule has 0 saturated heterocycles. The quantitative estimate of drug-likeness (QED) is 0.854. The molecule has 7 heteroatoms. The van der Waals surface area contributed by atoms with Crippen LogP contribution in [0.25, 0.3) is 6.08 Å². The highest BCUT2D eigenvalue weighted by atomic mass is 35.5. The molecule has 0 spiro atoms. The van der Waals surface area contributed by atoms with Gasteiger partial charge in [0, 0.05) is 24.2 Å². The van der Waals surface area contributed by atoms with Gasteiger partial charge in [-0.15, -0.1) is 0 Å². The highest BCUT2D eigenvalue weighted by Crippen LogP contribution is 2.11. The number of likely N-dealkylation sites (N-methyl/N-ethyl adjacent to an activating group) is 1. The van der Waals surface area contributed by atoms with Crippen LogP contribution in [0, 0.1) is 6.92 Å². The molecule has 0 aliphatic rings. The van der Waals surface area contributed by atoms with E-state index in [0.29, 0.717) is 16.6 Å². The van der Waals surface area contributed by atoms with Gasteiger partial charge in [0.1, 0.15) is 5.76 Å². The lowest BCUT2D eigenvalue weighted by molar-refractivity contribution is -0.129. The van der Waals surface area contributed by atoms with Gasteiger partial charge in [-0.05, 0) is 30.7 Å². The summed E-state index contributed by atoms with van der Waals surface area (Å²) in [5.74, 6) is 0.279. The Bertz CT molecular complexity index is 722. The second-order valence-electron chi connectivity index (χ2n) is 4.95. The van der Waals surface area contributed by atoms with E-state index in [1.54, 1.807) is 50.4 Å². The molecule has 0 aliphatic heterocycles. The molecule has 2 rings (SSSR count). The number of amides is 2. The van der Waals surface area contributed by atoms with E-state index in [1.807, 2.05) is 0 Å². The third-order valence-corrected chi connectivity index (χ3v) is 3.19. The van der Waals surface area contributed by atoms with Crippen LogP contribution in [0.5, 0.6) is 0 Å². The molecule has 0 aliphatic carbocycles. The Morgan fingerprint density at radius 1 is 1.35 bits per heavy atom. The summed E-state index contributed by atoms with van der Waals surface area (Å²) < 4.78 is 4.85. The van der Waals surface area contributed by atoms with Crippen molar-refractivity contribution in [1.82, 2.24) is 10.1 Å². The number of hydrogen-bond donors (Lipinski definition) is 1. The maximum Gasteiger partial charge on any atom is 0.246 e. The zero-order valence-electron chi connectivity index (χ0n) is 12.7. The molecular formula is C16H16ClN3O3. The minimum atomic E-state index is -0.353. The van der Waals surface area contributed by atoms with E-state index in [2.05, 4.69) is 10.5 Å². The predicted octanol–water partition coefficient (Wildman–Crippen LogP) is 2.75. The van der Waals surface area contributed by atoms with Crippen LogP contribution in [0.15, 0.2) is 40.9 Å². The summed E-state index contributed by atoms with van der Waals surface area (Å²) in [6, 6.07) is 8.67. The summed E-state index contributed by atoms with van der Waals surface area (Å²) in [6.45, 7) is 1.63. The molecule has 2 aromatic rings. The van der Waals surface area contributed by atoms with Gasteiger partial charge in [-0.25, -0.2) is 0 Å². The summed E-state index contributed by atoms with van der Waals surface area (Å²) in [6.07, 6.45) is 3.06. The van der Waals surface area contributed by atoms with Crippen LogP contribution in [-0.2, 0) is 9.59 Å². The second kappa shape index (κ2) is 7.60. The Hall–Kier alpha value is -2.60. The molecule has 0 fully saturated rings. The number of aryl methyl sites for hydroxylation is 1. The summed E-state index contributed by atoms with van der Waals surface area (Å²) in [4.78, 5) is 25.1. The Morgan fingerprint density at radius 3 is 2.65 bits per heavy atom. The highest BCUT2D eigenvalue weighted by Gasteiger charge is 2.12. The zero-order chi connectivity index (χ0) is 16.8. The Kier molecular flexibility index (Phi) is 5.54. The molecule has 0 radical (unpaired) electrons. The maximum absolute atomic E-state index is 12.0. The van der Waals surface area contributed by atoms with Gasteiger partial charge in [0.25, 0.3) is 0 Å². The molecular weight excluding hydrogens is 318 g/mol. The summed E-state index contributed by atoms with van der Waals surface area (Å²) >= 11 is 5.79. The Labute approximate surface area is 138 Å². The normalized spacial score (nSPS) is 10.7. The number of hydrogen-bond acceptors (Lipinski definition) is 4. The van der Waals surface area contributed by atoms with Crippen molar-refractivity contribution in [1.29, 1.82) is 0 Å². The number of rotatable bonds is 5. The van der Waals surface area contributed by atoms with Crippen LogP contribution in [0.3, 0.4) is 0 Å². The van der Waals surface area contributed by atoms with Crippen LogP contribution in [-0.4, -0.2) is 35.5 Å². The number of carbonyl (C=O) groups excluding carboxylic acids is 2. The number of aromatic nitrogens is 1. The van der Waals surface area contributed by atoms with E-state index < -0.39 is 0 Å². The standard InChI is InChI=1S/C16H16ClN3O3/c1-11-9-14(19-23-11)18-15(21)10-20(2)16(22)8-5-12-3-6-13(17)7-4-12/h3-9H,10H2,1-2H3,(H,18,19,21). The van der Waals surface area contributed by atoms with Gasteiger partial charge in [0.15, 0.2) is 5.82 Å². The highest BCUT2D eigenvalue weighted by molar-refractivity contribution is 6.30. The SMILES string of the molecule is Cc1cc(NC(=O)CN(C)C(=O)C=Cc2ccc(Cl)cc2)no1. The van der Waals surface area contributed by atoms with Crippen molar-refractivity contribution in [2.24, 2.45) is 0 Å². The molecule has 1 heterocycles. The largest absolute Gasteiger partial charge is 0.360 e. The average Bonchev–Trinajstić information content (AvgIpc) is 2.91. The first-order valence-electron chi connectivity index (χ1n) is 6.86. The summed E-state index contributed by atoms with van der Waals surface area (Å²) in [5, 5.41) is 6.84. The number of nitrogens with zero attached hydrogens (tertiary/aromatic N) is 2. The first-order valence-corrected chi connectivity index (χ1v) is 7.24. The molecule has 2 amide bonds. The monoisotopic (exact) mass is 333 g/mol. The lowest BCUT2D eigenvalue weighted by Gasteiger charge is -2.13. The lowest BCUT2D eigenvalue weighted by Crippen LogP contribution is -2.33. The van der Waals surface area contributed by atoms with Gasteiger partial charge in [-0.2, -0.15) is 0 Å². The van der Waals surface area contributed by atoms with Crippen molar-refractivity contribution in [3.63, 3.8) is 0 Å². The van der Waals surface area contributed by atoms with Crippen molar-refractivity contribution in [3.8, 4) is 0 Å². The van der Waals surface area contributed by atoms with E-state index in [0.717, 1.165) is 5.56 Å². The van der Waals surface area contributed by atoms with Gasteiger partial charge in [0.2, 0.25) is 11.8 Å².